The third-order valence-corrected chi connectivity index (χ3v) is 8.06. The second kappa shape index (κ2) is 5.63. The van der Waals surface area contributed by atoms with E-state index < -0.39 is 0 Å². The highest BCUT2D eigenvalue weighted by molar-refractivity contribution is 8.18. The molecule has 0 bridgehead atoms. The number of hydrogen-bond acceptors (Lipinski definition) is 4. The van der Waals surface area contributed by atoms with Crippen LogP contribution >= 0.6 is 23.5 Å². The standard InChI is InChI=1S/C15H26O2S2/c1-6-8-13(3)11-12(2)14(4,17-13)15(16-5)18-9-7-10-19-15/h6,12H,1,7-11H2,2-5H3/t12-,13+,14-/m1/s1. The van der Waals surface area contributed by atoms with Crippen molar-refractivity contribution in [2.24, 2.45) is 5.92 Å². The summed E-state index contributed by atoms with van der Waals surface area (Å²) in [7, 11) is 1.83. The minimum absolute atomic E-state index is 0.0972. The summed E-state index contributed by atoms with van der Waals surface area (Å²) in [5.41, 5.74) is -0.338. The molecule has 2 heterocycles. The van der Waals surface area contributed by atoms with Crippen molar-refractivity contribution in [2.75, 3.05) is 18.6 Å². The Kier molecular flexibility index (Phi) is 4.66. The van der Waals surface area contributed by atoms with Gasteiger partial charge in [-0.2, -0.15) is 0 Å². The van der Waals surface area contributed by atoms with Gasteiger partial charge >= 0.3 is 0 Å². The number of thioether (sulfide) groups is 2. The maximum atomic E-state index is 6.58. The lowest BCUT2D eigenvalue weighted by Gasteiger charge is -2.48. The van der Waals surface area contributed by atoms with E-state index in [4.69, 9.17) is 9.47 Å². The Bertz CT molecular complexity index is 341. The van der Waals surface area contributed by atoms with E-state index in [-0.39, 0.29) is 15.5 Å². The first kappa shape index (κ1) is 15.7. The first-order chi connectivity index (χ1) is 8.91. The van der Waals surface area contributed by atoms with Gasteiger partial charge in [-0.15, -0.1) is 30.1 Å². The van der Waals surface area contributed by atoms with Gasteiger partial charge in [0.2, 0.25) is 0 Å². The van der Waals surface area contributed by atoms with E-state index in [1.54, 1.807) is 0 Å². The molecule has 0 amide bonds. The molecular formula is C15H26O2S2. The first-order valence-corrected chi connectivity index (χ1v) is 9.03. The van der Waals surface area contributed by atoms with Gasteiger partial charge in [0, 0.05) is 7.11 Å². The average Bonchev–Trinajstić information content (AvgIpc) is 2.62. The Morgan fingerprint density at radius 1 is 1.37 bits per heavy atom. The van der Waals surface area contributed by atoms with Crippen LogP contribution in [0.1, 0.15) is 40.0 Å². The van der Waals surface area contributed by atoms with Crippen LogP contribution in [0, 0.1) is 5.92 Å². The molecule has 2 rings (SSSR count). The molecular weight excluding hydrogens is 276 g/mol. The Hall–Kier alpha value is 0.360. The molecule has 0 aromatic rings. The van der Waals surface area contributed by atoms with E-state index in [0.717, 1.165) is 24.3 Å². The molecule has 2 nitrogen and oxygen atoms in total. The minimum Gasteiger partial charge on any atom is -0.364 e. The van der Waals surface area contributed by atoms with Gasteiger partial charge in [-0.1, -0.05) is 13.0 Å². The minimum atomic E-state index is -0.260. The largest absolute Gasteiger partial charge is 0.364 e. The maximum Gasteiger partial charge on any atom is 0.189 e. The number of hydrogen-bond donors (Lipinski definition) is 0. The van der Waals surface area contributed by atoms with Crippen LogP contribution in [-0.4, -0.2) is 34.1 Å². The molecule has 4 heteroatoms. The van der Waals surface area contributed by atoms with Crippen molar-refractivity contribution in [3.8, 4) is 0 Å². The van der Waals surface area contributed by atoms with Crippen molar-refractivity contribution in [1.82, 2.24) is 0 Å². The lowest BCUT2D eigenvalue weighted by atomic mass is 9.86. The summed E-state index contributed by atoms with van der Waals surface area (Å²) in [4.78, 5) is 0. The summed E-state index contributed by atoms with van der Waals surface area (Å²) in [6, 6.07) is 0. The number of rotatable bonds is 4. The highest BCUT2D eigenvalue weighted by Gasteiger charge is 2.61. The van der Waals surface area contributed by atoms with Crippen molar-refractivity contribution in [3.63, 3.8) is 0 Å². The van der Waals surface area contributed by atoms with Crippen molar-refractivity contribution in [1.29, 1.82) is 0 Å². The molecule has 0 aromatic carbocycles. The molecule has 0 unspecified atom stereocenters. The predicted octanol–water partition coefficient (Wildman–Crippen LogP) is 4.31. The number of ether oxygens (including phenoxy) is 2. The van der Waals surface area contributed by atoms with Crippen molar-refractivity contribution < 1.29 is 9.47 Å². The van der Waals surface area contributed by atoms with Crippen LogP contribution in [0.5, 0.6) is 0 Å². The van der Waals surface area contributed by atoms with E-state index in [9.17, 15) is 0 Å². The predicted molar refractivity (Wildman–Crippen MR) is 85.8 cm³/mol. The van der Waals surface area contributed by atoms with Crippen LogP contribution in [0.25, 0.3) is 0 Å². The Labute approximate surface area is 126 Å². The monoisotopic (exact) mass is 302 g/mol. The van der Waals surface area contributed by atoms with Crippen LogP contribution in [-0.2, 0) is 9.47 Å². The zero-order valence-electron chi connectivity index (χ0n) is 12.5. The average molecular weight is 303 g/mol. The molecule has 0 radical (unpaired) electrons. The second-order valence-corrected chi connectivity index (χ2v) is 8.87. The molecule has 19 heavy (non-hydrogen) atoms. The van der Waals surface area contributed by atoms with Gasteiger partial charge in [0.15, 0.2) is 4.27 Å². The Morgan fingerprint density at radius 2 is 2.00 bits per heavy atom. The maximum absolute atomic E-state index is 6.58. The van der Waals surface area contributed by atoms with Gasteiger partial charge in [-0.25, -0.2) is 0 Å². The van der Waals surface area contributed by atoms with Crippen molar-refractivity contribution in [2.45, 2.75) is 55.5 Å². The lowest BCUT2D eigenvalue weighted by Crippen LogP contribution is -2.54. The first-order valence-electron chi connectivity index (χ1n) is 7.05. The zero-order chi connectivity index (χ0) is 14.1. The molecule has 2 aliphatic rings. The highest BCUT2D eigenvalue weighted by atomic mass is 32.2. The fourth-order valence-electron chi connectivity index (χ4n) is 3.41. The van der Waals surface area contributed by atoms with Gasteiger partial charge in [-0.05, 0) is 50.5 Å². The summed E-state index contributed by atoms with van der Waals surface area (Å²) < 4.78 is 12.3. The summed E-state index contributed by atoms with van der Waals surface area (Å²) in [5.74, 6) is 2.80. The van der Waals surface area contributed by atoms with E-state index in [1.807, 2.05) is 36.7 Å². The van der Waals surface area contributed by atoms with E-state index in [0.29, 0.717) is 5.92 Å². The normalized spacial score (nSPS) is 42.2. The number of methoxy groups -OCH3 is 1. The molecule has 2 aliphatic heterocycles. The van der Waals surface area contributed by atoms with Crippen LogP contribution in [0.2, 0.25) is 0 Å². The molecule has 0 N–H and O–H groups in total. The molecule has 0 spiro atoms. The molecule has 3 atom stereocenters. The van der Waals surface area contributed by atoms with E-state index in [1.165, 1.54) is 6.42 Å². The molecule has 0 aliphatic carbocycles. The lowest BCUT2D eigenvalue weighted by molar-refractivity contribution is -0.143. The second-order valence-electron chi connectivity index (χ2n) is 6.07. The fourth-order valence-corrected chi connectivity index (χ4v) is 6.84. The topological polar surface area (TPSA) is 18.5 Å². The van der Waals surface area contributed by atoms with Crippen LogP contribution in [0.3, 0.4) is 0 Å². The summed E-state index contributed by atoms with van der Waals surface area (Å²) in [6.45, 7) is 10.6. The molecule has 0 saturated carbocycles. The highest BCUT2D eigenvalue weighted by Crippen LogP contribution is 2.59. The van der Waals surface area contributed by atoms with Crippen LogP contribution in [0.4, 0.5) is 0 Å². The summed E-state index contributed by atoms with van der Waals surface area (Å²) >= 11 is 3.84. The Morgan fingerprint density at radius 3 is 2.53 bits per heavy atom. The smallest absolute Gasteiger partial charge is 0.189 e. The summed E-state index contributed by atoms with van der Waals surface area (Å²) in [6.07, 6.45) is 5.21. The van der Waals surface area contributed by atoms with Gasteiger partial charge in [0.25, 0.3) is 0 Å². The summed E-state index contributed by atoms with van der Waals surface area (Å²) in [5, 5.41) is 0. The van der Waals surface area contributed by atoms with Gasteiger partial charge < -0.3 is 9.47 Å². The van der Waals surface area contributed by atoms with Gasteiger partial charge in [0.05, 0.1) is 5.60 Å². The Balaban J connectivity index is 2.27. The van der Waals surface area contributed by atoms with Crippen molar-refractivity contribution >= 4 is 23.5 Å². The fraction of sp³-hybridized carbons (Fsp3) is 0.867. The SMILES string of the molecule is C=CC[C@@]1(C)C[C@@H](C)[C@](C)(C2(OC)SCCCS2)O1. The van der Waals surface area contributed by atoms with Crippen molar-refractivity contribution in [3.05, 3.63) is 12.7 Å². The van der Waals surface area contributed by atoms with Gasteiger partial charge in [0.1, 0.15) is 5.60 Å². The molecule has 110 valence electrons. The quantitative estimate of drug-likeness (QED) is 0.720. The molecule has 2 fully saturated rings. The molecule has 2 saturated heterocycles. The third-order valence-electron chi connectivity index (χ3n) is 4.46. The molecule has 0 aromatic heterocycles. The van der Waals surface area contributed by atoms with E-state index in [2.05, 4.69) is 27.4 Å². The zero-order valence-corrected chi connectivity index (χ0v) is 14.2. The van der Waals surface area contributed by atoms with E-state index >= 15 is 0 Å². The van der Waals surface area contributed by atoms with Gasteiger partial charge in [-0.3, -0.25) is 0 Å². The van der Waals surface area contributed by atoms with Crippen LogP contribution < -0.4 is 0 Å². The third kappa shape index (κ3) is 2.61. The van der Waals surface area contributed by atoms with Crippen LogP contribution in [0.15, 0.2) is 12.7 Å².